The number of benzene rings is 2. The molecule has 0 aliphatic carbocycles. The summed E-state index contributed by atoms with van der Waals surface area (Å²) >= 11 is 5.59. The van der Waals surface area contributed by atoms with Crippen molar-refractivity contribution in [3.05, 3.63) is 52.5 Å². The van der Waals surface area contributed by atoms with Crippen molar-refractivity contribution in [2.45, 2.75) is 13.1 Å². The number of phenols is 1. The Morgan fingerprint density at radius 1 is 1.28 bits per heavy atom. The minimum atomic E-state index is -4.65. The molecule has 0 aliphatic rings. The third-order valence-corrected chi connectivity index (χ3v) is 3.79. The molecular weight excluding hydrogens is 359 g/mol. The second kappa shape index (κ2) is 7.23. The van der Waals surface area contributed by atoms with E-state index in [0.717, 1.165) is 17.0 Å². The summed E-state index contributed by atoms with van der Waals surface area (Å²) in [4.78, 5) is 13.7. The average molecular weight is 374 g/mol. The van der Waals surface area contributed by atoms with Crippen molar-refractivity contribution in [3.8, 4) is 11.5 Å². The van der Waals surface area contributed by atoms with Crippen molar-refractivity contribution >= 4 is 23.2 Å². The fourth-order valence-corrected chi connectivity index (χ4v) is 2.46. The highest BCUT2D eigenvalue weighted by Crippen LogP contribution is 2.37. The van der Waals surface area contributed by atoms with Gasteiger partial charge in [0.05, 0.1) is 17.2 Å². The molecule has 0 aliphatic heterocycles. The number of alkyl halides is 3. The molecule has 2 aromatic carbocycles. The molecule has 0 atom stereocenters. The van der Waals surface area contributed by atoms with E-state index in [1.807, 2.05) is 0 Å². The van der Waals surface area contributed by atoms with Crippen LogP contribution in [0.2, 0.25) is 5.02 Å². The molecular formula is C17H15ClF3NO3. The minimum absolute atomic E-state index is 0.0209. The van der Waals surface area contributed by atoms with E-state index in [9.17, 15) is 23.1 Å². The van der Waals surface area contributed by atoms with Gasteiger partial charge in [0.25, 0.3) is 5.91 Å². The molecule has 0 unspecified atom stereocenters. The Morgan fingerprint density at radius 2 is 1.96 bits per heavy atom. The monoisotopic (exact) mass is 373 g/mol. The van der Waals surface area contributed by atoms with E-state index in [2.05, 4.69) is 0 Å². The van der Waals surface area contributed by atoms with Gasteiger partial charge in [0.2, 0.25) is 0 Å². The molecule has 8 heteroatoms. The van der Waals surface area contributed by atoms with Crippen LogP contribution in [-0.4, -0.2) is 24.7 Å². The Kier molecular flexibility index (Phi) is 5.47. The second-order valence-corrected chi connectivity index (χ2v) is 5.52. The van der Waals surface area contributed by atoms with Gasteiger partial charge in [-0.05, 0) is 37.3 Å². The van der Waals surface area contributed by atoms with Gasteiger partial charge in [-0.2, -0.15) is 13.2 Å². The van der Waals surface area contributed by atoms with Crippen molar-refractivity contribution in [2.75, 3.05) is 18.6 Å². The lowest BCUT2D eigenvalue weighted by Gasteiger charge is -2.21. The minimum Gasteiger partial charge on any atom is -0.507 e. The van der Waals surface area contributed by atoms with E-state index in [4.69, 9.17) is 16.3 Å². The lowest BCUT2D eigenvalue weighted by atomic mass is 10.1. The first-order valence-corrected chi connectivity index (χ1v) is 7.64. The second-order valence-electron chi connectivity index (χ2n) is 5.11. The van der Waals surface area contributed by atoms with Crippen LogP contribution in [0, 0.1) is 0 Å². The number of carbonyl (C=O) groups excluding carboxylic acids is 1. The normalized spacial score (nSPS) is 11.3. The number of halogens is 4. The summed E-state index contributed by atoms with van der Waals surface area (Å²) in [7, 11) is 1.30. The molecule has 134 valence electrons. The number of nitrogens with zero attached hydrogens (tertiary/aromatic N) is 1. The molecule has 4 nitrogen and oxygen atoms in total. The smallest absolute Gasteiger partial charge is 0.417 e. The van der Waals surface area contributed by atoms with Gasteiger partial charge >= 0.3 is 6.18 Å². The summed E-state index contributed by atoms with van der Waals surface area (Å²) in [6.45, 7) is 1.96. The molecule has 0 aromatic heterocycles. The summed E-state index contributed by atoms with van der Waals surface area (Å²) in [6, 6.07) is 7.43. The van der Waals surface area contributed by atoms with E-state index in [0.29, 0.717) is 0 Å². The third kappa shape index (κ3) is 3.99. The highest BCUT2D eigenvalue weighted by Gasteiger charge is 2.34. The summed E-state index contributed by atoms with van der Waals surface area (Å²) in [5.41, 5.74) is -1.20. The maximum absolute atomic E-state index is 13.0. The van der Waals surface area contributed by atoms with E-state index >= 15 is 0 Å². The van der Waals surface area contributed by atoms with Crippen LogP contribution >= 0.6 is 11.6 Å². The van der Waals surface area contributed by atoms with Crippen LogP contribution in [-0.2, 0) is 6.18 Å². The van der Waals surface area contributed by atoms with Crippen LogP contribution in [0.3, 0.4) is 0 Å². The summed E-state index contributed by atoms with van der Waals surface area (Å²) in [5.74, 6) is -0.894. The van der Waals surface area contributed by atoms with E-state index < -0.39 is 22.7 Å². The van der Waals surface area contributed by atoms with Crippen LogP contribution in [0.25, 0.3) is 0 Å². The fraction of sp³-hybridized carbons (Fsp3) is 0.235. The SMILES string of the molecule is CCOc1cccc(O)c1C(=O)N(C)c1ccc(Cl)c(C(F)(F)F)c1. The highest BCUT2D eigenvalue weighted by atomic mass is 35.5. The lowest BCUT2D eigenvalue weighted by molar-refractivity contribution is -0.137. The molecule has 1 N–H and O–H groups in total. The molecule has 0 bridgehead atoms. The number of carbonyl (C=O) groups is 1. The zero-order valence-electron chi connectivity index (χ0n) is 13.4. The van der Waals surface area contributed by atoms with Gasteiger partial charge in [-0.3, -0.25) is 4.79 Å². The predicted molar refractivity (Wildman–Crippen MR) is 88.5 cm³/mol. The Labute approximate surface area is 147 Å². The lowest BCUT2D eigenvalue weighted by Crippen LogP contribution is -2.27. The number of aromatic hydroxyl groups is 1. The molecule has 0 saturated heterocycles. The Balaban J connectivity index is 2.45. The molecule has 0 heterocycles. The number of hydrogen-bond donors (Lipinski definition) is 1. The number of hydrogen-bond acceptors (Lipinski definition) is 3. The molecule has 0 radical (unpaired) electrons. The summed E-state index contributed by atoms with van der Waals surface area (Å²) in [5, 5.41) is 9.52. The number of amides is 1. The van der Waals surface area contributed by atoms with E-state index in [1.54, 1.807) is 6.92 Å². The van der Waals surface area contributed by atoms with Crippen LogP contribution in [0.1, 0.15) is 22.8 Å². The standard InChI is InChI=1S/C17H15ClF3NO3/c1-3-25-14-6-4-5-13(23)15(14)16(24)22(2)10-7-8-12(18)11(9-10)17(19,20)21/h4-9,23H,3H2,1-2H3. The van der Waals surface area contributed by atoms with Crippen molar-refractivity contribution in [1.82, 2.24) is 0 Å². The van der Waals surface area contributed by atoms with Gasteiger partial charge in [0.1, 0.15) is 17.1 Å². The van der Waals surface area contributed by atoms with Crippen molar-refractivity contribution in [3.63, 3.8) is 0 Å². The topological polar surface area (TPSA) is 49.8 Å². The van der Waals surface area contributed by atoms with Gasteiger partial charge in [0, 0.05) is 12.7 Å². The molecule has 2 rings (SSSR count). The van der Waals surface area contributed by atoms with Crippen molar-refractivity contribution in [1.29, 1.82) is 0 Å². The Hall–Kier alpha value is -2.41. The molecule has 25 heavy (non-hydrogen) atoms. The first-order chi connectivity index (χ1) is 11.7. The Morgan fingerprint density at radius 3 is 2.56 bits per heavy atom. The van der Waals surface area contributed by atoms with Gasteiger partial charge in [-0.15, -0.1) is 0 Å². The van der Waals surface area contributed by atoms with Crippen LogP contribution < -0.4 is 9.64 Å². The number of anilines is 1. The van der Waals surface area contributed by atoms with Crippen LogP contribution in [0.5, 0.6) is 11.5 Å². The number of ether oxygens (including phenoxy) is 1. The fourth-order valence-electron chi connectivity index (χ4n) is 2.23. The van der Waals surface area contributed by atoms with Gasteiger partial charge in [0.15, 0.2) is 0 Å². The molecule has 1 amide bonds. The van der Waals surface area contributed by atoms with E-state index in [1.165, 1.54) is 31.3 Å². The van der Waals surface area contributed by atoms with Gasteiger partial charge < -0.3 is 14.7 Å². The maximum Gasteiger partial charge on any atom is 0.417 e. The third-order valence-electron chi connectivity index (χ3n) is 3.47. The van der Waals surface area contributed by atoms with Crippen molar-refractivity contribution < 1.29 is 27.8 Å². The predicted octanol–water partition coefficient (Wildman–Crippen LogP) is 4.74. The first kappa shape index (κ1) is 18.9. The number of rotatable bonds is 4. The first-order valence-electron chi connectivity index (χ1n) is 7.26. The summed E-state index contributed by atoms with van der Waals surface area (Å²) in [6.07, 6.45) is -4.65. The quantitative estimate of drug-likeness (QED) is 0.842. The zero-order valence-corrected chi connectivity index (χ0v) is 14.1. The summed E-state index contributed by atoms with van der Waals surface area (Å²) < 4.78 is 44.3. The largest absolute Gasteiger partial charge is 0.507 e. The maximum atomic E-state index is 13.0. The van der Waals surface area contributed by atoms with Gasteiger partial charge in [-0.1, -0.05) is 17.7 Å². The van der Waals surface area contributed by atoms with Gasteiger partial charge in [-0.25, -0.2) is 0 Å². The van der Waals surface area contributed by atoms with Crippen LogP contribution in [0.4, 0.5) is 18.9 Å². The molecule has 2 aromatic rings. The molecule has 0 saturated carbocycles. The average Bonchev–Trinajstić information content (AvgIpc) is 2.53. The molecule has 0 spiro atoms. The van der Waals surface area contributed by atoms with E-state index in [-0.39, 0.29) is 29.4 Å². The van der Waals surface area contributed by atoms with Crippen LogP contribution in [0.15, 0.2) is 36.4 Å². The Bertz CT molecular complexity index is 793. The highest BCUT2D eigenvalue weighted by molar-refractivity contribution is 6.31. The number of phenolic OH excluding ortho intramolecular Hbond substituents is 1. The van der Waals surface area contributed by atoms with Crippen molar-refractivity contribution in [2.24, 2.45) is 0 Å². The molecule has 0 fully saturated rings. The zero-order chi connectivity index (χ0) is 18.8.